The lowest BCUT2D eigenvalue weighted by atomic mass is 9.60. The molecule has 2 unspecified atom stereocenters. The Labute approximate surface area is 150 Å². The van der Waals surface area contributed by atoms with Gasteiger partial charge >= 0.3 is 0 Å². The van der Waals surface area contributed by atoms with E-state index in [4.69, 9.17) is 4.74 Å². The fraction of sp³-hybridized carbons (Fsp3) is 0.833. The Morgan fingerprint density at radius 3 is 2.88 bits per heavy atom. The molecule has 2 N–H and O–H groups in total. The molecule has 0 aliphatic heterocycles. The number of nitrogens with one attached hydrogen (secondary N) is 2. The van der Waals surface area contributed by atoms with Gasteiger partial charge in [-0.25, -0.2) is 0 Å². The van der Waals surface area contributed by atoms with Crippen LogP contribution in [-0.2, 0) is 17.7 Å². The summed E-state index contributed by atoms with van der Waals surface area (Å²) in [6.45, 7) is 6.65. The van der Waals surface area contributed by atoms with Gasteiger partial charge in [0.1, 0.15) is 12.2 Å². The summed E-state index contributed by atoms with van der Waals surface area (Å²) in [5.74, 6) is 1.91. The fourth-order valence-electron chi connectivity index (χ4n) is 4.48. The molecule has 1 heterocycles. The molecule has 0 radical (unpaired) electrons. The summed E-state index contributed by atoms with van der Waals surface area (Å²) < 4.78 is 8.09. The maximum Gasteiger partial charge on any atom is 0.191 e. The van der Waals surface area contributed by atoms with Crippen molar-refractivity contribution >= 4 is 5.96 Å². The molecule has 7 heteroatoms. The first-order valence-corrected chi connectivity index (χ1v) is 9.69. The summed E-state index contributed by atoms with van der Waals surface area (Å²) in [5.41, 5.74) is 0.317. The van der Waals surface area contributed by atoms with Crippen LogP contribution in [0.2, 0.25) is 0 Å². The van der Waals surface area contributed by atoms with E-state index in [1.165, 1.54) is 25.7 Å². The van der Waals surface area contributed by atoms with Gasteiger partial charge in [-0.1, -0.05) is 19.8 Å². The predicted octanol–water partition coefficient (Wildman–Crippen LogP) is 1.74. The lowest BCUT2D eigenvalue weighted by molar-refractivity contribution is -0.125. The van der Waals surface area contributed by atoms with Crippen molar-refractivity contribution in [3.63, 3.8) is 0 Å². The highest BCUT2D eigenvalue weighted by Crippen LogP contribution is 2.54. The molecule has 2 aliphatic rings. The molecule has 2 atom stereocenters. The molecule has 3 rings (SSSR count). The second-order valence-corrected chi connectivity index (χ2v) is 7.11. The molecular weight excluding hydrogens is 316 g/mol. The topological polar surface area (TPSA) is 76.4 Å². The lowest BCUT2D eigenvalue weighted by Crippen LogP contribution is -2.65. The monoisotopic (exact) mass is 348 g/mol. The summed E-state index contributed by atoms with van der Waals surface area (Å²) in [6, 6.07) is 0.471. The van der Waals surface area contributed by atoms with Gasteiger partial charge in [0.2, 0.25) is 0 Å². The van der Waals surface area contributed by atoms with Crippen LogP contribution in [0.5, 0.6) is 0 Å². The number of hydrogen-bond donors (Lipinski definition) is 2. The summed E-state index contributed by atoms with van der Waals surface area (Å²) in [7, 11) is 1.84. The zero-order valence-electron chi connectivity index (χ0n) is 15.8. The molecule has 1 spiro atoms. The SMILES string of the molecule is CCOC1CC(NC(=NC)NCCn2cnnc2CC)C12CCCC2. The van der Waals surface area contributed by atoms with E-state index < -0.39 is 0 Å². The van der Waals surface area contributed by atoms with E-state index in [0.29, 0.717) is 17.6 Å². The minimum Gasteiger partial charge on any atom is -0.378 e. The van der Waals surface area contributed by atoms with E-state index in [1.54, 1.807) is 6.33 Å². The van der Waals surface area contributed by atoms with Crippen molar-refractivity contribution in [1.82, 2.24) is 25.4 Å². The Balaban J connectivity index is 1.51. The van der Waals surface area contributed by atoms with E-state index >= 15 is 0 Å². The van der Waals surface area contributed by atoms with Crippen LogP contribution < -0.4 is 10.6 Å². The summed E-state index contributed by atoms with van der Waals surface area (Å²) in [4.78, 5) is 4.41. The largest absolute Gasteiger partial charge is 0.378 e. The van der Waals surface area contributed by atoms with Crippen LogP contribution in [0.25, 0.3) is 0 Å². The standard InChI is InChI=1S/C18H32N6O/c1-4-16-23-21-13-24(16)11-10-20-17(19-3)22-14-12-15(25-5-2)18(14)8-6-7-9-18/h13-15H,4-12H2,1-3H3,(H2,19,20,22). The van der Waals surface area contributed by atoms with Crippen molar-refractivity contribution in [2.45, 2.75) is 71.1 Å². The average molecular weight is 348 g/mol. The number of hydrogen-bond acceptors (Lipinski definition) is 4. The van der Waals surface area contributed by atoms with Crippen molar-refractivity contribution in [3.8, 4) is 0 Å². The quantitative estimate of drug-likeness (QED) is 0.580. The number of aliphatic imine (C=N–C) groups is 1. The molecule has 0 saturated heterocycles. The molecule has 25 heavy (non-hydrogen) atoms. The van der Waals surface area contributed by atoms with Crippen LogP contribution in [0.4, 0.5) is 0 Å². The Bertz CT molecular complexity index is 578. The number of rotatable bonds is 7. The molecule has 1 aromatic heterocycles. The van der Waals surface area contributed by atoms with E-state index in [-0.39, 0.29) is 0 Å². The number of ether oxygens (including phenoxy) is 1. The van der Waals surface area contributed by atoms with E-state index in [1.807, 2.05) is 7.05 Å². The zero-order valence-corrected chi connectivity index (χ0v) is 15.8. The van der Waals surface area contributed by atoms with E-state index in [2.05, 4.69) is 44.2 Å². The van der Waals surface area contributed by atoms with Crippen molar-refractivity contribution in [2.24, 2.45) is 10.4 Å². The van der Waals surface area contributed by atoms with Gasteiger partial charge in [-0.2, -0.15) is 0 Å². The third-order valence-corrected chi connectivity index (χ3v) is 5.88. The smallest absolute Gasteiger partial charge is 0.191 e. The highest BCUT2D eigenvalue weighted by atomic mass is 16.5. The number of aromatic nitrogens is 3. The van der Waals surface area contributed by atoms with Crippen LogP contribution in [-0.4, -0.2) is 53.1 Å². The number of nitrogens with zero attached hydrogens (tertiary/aromatic N) is 4. The van der Waals surface area contributed by atoms with Crippen LogP contribution in [0, 0.1) is 5.41 Å². The molecule has 1 aromatic rings. The first-order chi connectivity index (χ1) is 12.2. The maximum atomic E-state index is 6.00. The second-order valence-electron chi connectivity index (χ2n) is 7.11. The van der Waals surface area contributed by atoms with Crippen molar-refractivity contribution < 1.29 is 4.74 Å². The van der Waals surface area contributed by atoms with Crippen LogP contribution in [0.1, 0.15) is 51.8 Å². The van der Waals surface area contributed by atoms with E-state index in [9.17, 15) is 0 Å². The molecule has 0 amide bonds. The molecule has 140 valence electrons. The molecule has 0 bridgehead atoms. The molecule has 7 nitrogen and oxygen atoms in total. The first-order valence-electron chi connectivity index (χ1n) is 9.69. The maximum absolute atomic E-state index is 6.00. The van der Waals surface area contributed by atoms with Gasteiger partial charge in [-0.05, 0) is 26.2 Å². The average Bonchev–Trinajstić information content (AvgIpc) is 3.29. The van der Waals surface area contributed by atoms with Crippen molar-refractivity contribution in [2.75, 3.05) is 20.2 Å². The van der Waals surface area contributed by atoms with Crippen LogP contribution >= 0.6 is 0 Å². The van der Waals surface area contributed by atoms with Gasteiger partial charge in [0, 0.05) is 44.6 Å². The first kappa shape index (κ1) is 18.2. The zero-order chi connectivity index (χ0) is 17.7. The van der Waals surface area contributed by atoms with Crippen LogP contribution in [0.3, 0.4) is 0 Å². The van der Waals surface area contributed by atoms with Crippen LogP contribution in [0.15, 0.2) is 11.3 Å². The number of aryl methyl sites for hydroxylation is 1. The van der Waals surface area contributed by atoms with Gasteiger partial charge < -0.3 is 19.9 Å². The summed E-state index contributed by atoms with van der Waals surface area (Å²) in [6.07, 6.45) is 9.38. The fourth-order valence-corrected chi connectivity index (χ4v) is 4.48. The van der Waals surface area contributed by atoms with E-state index in [0.717, 1.165) is 44.3 Å². The Hall–Kier alpha value is -1.63. The van der Waals surface area contributed by atoms with Gasteiger partial charge in [0.25, 0.3) is 0 Å². The Kier molecular flexibility index (Phi) is 5.93. The Morgan fingerprint density at radius 2 is 2.20 bits per heavy atom. The van der Waals surface area contributed by atoms with Gasteiger partial charge in [0.05, 0.1) is 6.10 Å². The summed E-state index contributed by atoms with van der Waals surface area (Å²) in [5, 5.41) is 15.2. The predicted molar refractivity (Wildman–Crippen MR) is 98.6 cm³/mol. The highest BCUT2D eigenvalue weighted by molar-refractivity contribution is 5.80. The minimum absolute atomic E-state index is 0.317. The third kappa shape index (κ3) is 3.66. The van der Waals surface area contributed by atoms with Gasteiger partial charge in [-0.15, -0.1) is 10.2 Å². The molecule has 2 aliphatic carbocycles. The lowest BCUT2D eigenvalue weighted by Gasteiger charge is -2.54. The van der Waals surface area contributed by atoms with Crippen molar-refractivity contribution in [1.29, 1.82) is 0 Å². The minimum atomic E-state index is 0.317. The normalized spacial score (nSPS) is 25.2. The van der Waals surface area contributed by atoms with Gasteiger partial charge in [-0.3, -0.25) is 4.99 Å². The molecule has 2 fully saturated rings. The molecule has 2 saturated carbocycles. The number of guanidine groups is 1. The Morgan fingerprint density at radius 1 is 1.40 bits per heavy atom. The highest BCUT2D eigenvalue weighted by Gasteiger charge is 2.56. The van der Waals surface area contributed by atoms with Crippen molar-refractivity contribution in [3.05, 3.63) is 12.2 Å². The molecular formula is C18H32N6O. The summed E-state index contributed by atoms with van der Waals surface area (Å²) >= 11 is 0. The van der Waals surface area contributed by atoms with Gasteiger partial charge in [0.15, 0.2) is 5.96 Å². The molecule has 0 aromatic carbocycles. The second kappa shape index (κ2) is 8.17. The third-order valence-electron chi connectivity index (χ3n) is 5.88.